The van der Waals surface area contributed by atoms with Crippen molar-refractivity contribution in [1.29, 1.82) is 0 Å². The Morgan fingerprint density at radius 3 is 2.34 bits per heavy atom. The first-order valence-electron chi connectivity index (χ1n) is 11.9. The molecule has 0 aromatic heterocycles. The predicted molar refractivity (Wildman–Crippen MR) is 141 cm³/mol. The van der Waals surface area contributed by atoms with Gasteiger partial charge in [0.2, 0.25) is 4.33 Å². The van der Waals surface area contributed by atoms with Gasteiger partial charge in [-0.3, -0.25) is 14.4 Å². The predicted octanol–water partition coefficient (Wildman–Crippen LogP) is 4.52. The lowest BCUT2D eigenvalue weighted by Crippen LogP contribution is -2.51. The Hall–Kier alpha value is -1.12. The Balaban J connectivity index is 2.59. The third-order valence-electron chi connectivity index (χ3n) is 6.77. The molecule has 0 amide bonds. The van der Waals surface area contributed by atoms with Crippen molar-refractivity contribution in [2.45, 2.75) is 61.8 Å². The van der Waals surface area contributed by atoms with E-state index in [9.17, 15) is 19.5 Å². The third-order valence-corrected chi connectivity index (χ3v) is 8.04. The number of rotatable bonds is 5. The Morgan fingerprint density at radius 1 is 1.11 bits per heavy atom. The van der Waals surface area contributed by atoms with Crippen LogP contribution in [0.25, 0.3) is 0 Å². The van der Waals surface area contributed by atoms with Crippen LogP contribution in [-0.2, 0) is 23.9 Å². The summed E-state index contributed by atoms with van der Waals surface area (Å²) >= 11 is 17.7. The molecule has 1 aliphatic heterocycles. The van der Waals surface area contributed by atoms with Crippen LogP contribution in [0, 0.1) is 29.6 Å². The number of thiol groups is 1. The van der Waals surface area contributed by atoms with Gasteiger partial charge in [-0.15, -0.1) is 0 Å². The maximum atomic E-state index is 13.9. The number of Topliss-reactive ketones (excluding diaryl/α,β-unsaturated/α-hetero) is 2. The van der Waals surface area contributed by atoms with Crippen LogP contribution in [0.15, 0.2) is 36.5 Å². The standard InChI is InChI=1S/C26H36Cl2O6S/c1-6-18-17(13-25(4,32)14-33-5)11-12-19-20(35)10-8-7-9-15(2)34-24(31)16(3)22(29)26(27,28)23(30)21(18)19/h7-12,15-21,32,35H,6,13-14H2,1-5H3/b9-7+,10-8-/t15-,16-,17+,18+,19-,20+,21-,25+/m0/s1. The molecular formula is C26H36Cl2O6S. The molecule has 1 aliphatic carbocycles. The number of hydrogen-bond donors (Lipinski definition) is 2. The van der Waals surface area contributed by atoms with Crippen LogP contribution in [0.1, 0.15) is 40.5 Å². The number of ether oxygens (including phenoxy) is 2. The average molecular weight is 548 g/mol. The highest BCUT2D eigenvalue weighted by Crippen LogP contribution is 2.46. The molecule has 0 radical (unpaired) electrons. The number of carbonyl (C=O) groups is 3. The van der Waals surface area contributed by atoms with E-state index in [4.69, 9.17) is 45.3 Å². The smallest absolute Gasteiger partial charge is 0.316 e. The van der Waals surface area contributed by atoms with Crippen molar-refractivity contribution in [2.24, 2.45) is 29.6 Å². The molecule has 0 bridgehead atoms. The highest BCUT2D eigenvalue weighted by Gasteiger charge is 2.54. The number of hydrogen-bond acceptors (Lipinski definition) is 7. The number of alkyl halides is 2. The van der Waals surface area contributed by atoms with E-state index in [1.54, 1.807) is 32.1 Å². The summed E-state index contributed by atoms with van der Waals surface area (Å²) in [5, 5.41) is 10.4. The summed E-state index contributed by atoms with van der Waals surface area (Å²) in [6.07, 6.45) is 11.2. The molecule has 0 fully saturated rings. The van der Waals surface area contributed by atoms with Crippen LogP contribution in [0.4, 0.5) is 0 Å². The third kappa shape index (κ3) is 7.22. The van der Waals surface area contributed by atoms with Gasteiger partial charge in [-0.05, 0) is 45.1 Å². The number of cyclic esters (lactones) is 1. The molecule has 0 saturated heterocycles. The molecule has 0 aromatic rings. The average Bonchev–Trinajstić information content (AvgIpc) is 2.78. The van der Waals surface area contributed by atoms with Gasteiger partial charge in [0.1, 0.15) is 12.0 Å². The van der Waals surface area contributed by atoms with Gasteiger partial charge in [-0.1, -0.05) is 66.9 Å². The van der Waals surface area contributed by atoms with E-state index >= 15 is 0 Å². The van der Waals surface area contributed by atoms with Crippen molar-refractivity contribution in [3.8, 4) is 0 Å². The zero-order valence-corrected chi connectivity index (χ0v) is 23.2. The molecule has 9 heteroatoms. The normalized spacial score (nSPS) is 37.5. The molecule has 8 atom stereocenters. The molecule has 196 valence electrons. The van der Waals surface area contributed by atoms with E-state index in [1.807, 2.05) is 25.2 Å². The van der Waals surface area contributed by atoms with Gasteiger partial charge < -0.3 is 14.6 Å². The highest BCUT2D eigenvalue weighted by atomic mass is 35.5. The summed E-state index contributed by atoms with van der Waals surface area (Å²) in [4.78, 5) is 39.7. The first kappa shape index (κ1) is 30.1. The minimum atomic E-state index is -2.44. The summed E-state index contributed by atoms with van der Waals surface area (Å²) in [7, 11) is 1.51. The fourth-order valence-corrected chi connectivity index (χ4v) is 5.96. The Bertz CT molecular complexity index is 881. The van der Waals surface area contributed by atoms with Crippen LogP contribution in [0.3, 0.4) is 0 Å². The number of carbonyl (C=O) groups excluding carboxylic acids is 3. The summed E-state index contributed by atoms with van der Waals surface area (Å²) in [6, 6.07) is 0. The van der Waals surface area contributed by atoms with E-state index in [0.29, 0.717) is 12.8 Å². The molecule has 0 spiro atoms. The van der Waals surface area contributed by atoms with Crippen molar-refractivity contribution >= 4 is 53.4 Å². The summed E-state index contributed by atoms with van der Waals surface area (Å²) in [5.41, 5.74) is -1.12. The number of halogens is 2. The van der Waals surface area contributed by atoms with Crippen LogP contribution in [-0.4, -0.2) is 57.6 Å². The lowest BCUT2D eigenvalue weighted by atomic mass is 9.63. The largest absolute Gasteiger partial charge is 0.458 e. The number of allylic oxidation sites excluding steroid dienone is 4. The van der Waals surface area contributed by atoms with Gasteiger partial charge in [0, 0.05) is 24.2 Å². The molecule has 0 aromatic carbocycles. The Labute approximate surface area is 223 Å². The maximum absolute atomic E-state index is 13.9. The quantitative estimate of drug-likeness (QED) is 0.173. The molecule has 1 N–H and O–H groups in total. The van der Waals surface area contributed by atoms with Gasteiger partial charge >= 0.3 is 5.97 Å². The van der Waals surface area contributed by atoms with Crippen molar-refractivity contribution in [2.75, 3.05) is 13.7 Å². The van der Waals surface area contributed by atoms with E-state index in [2.05, 4.69) is 0 Å². The number of esters is 1. The van der Waals surface area contributed by atoms with E-state index in [1.165, 1.54) is 14.0 Å². The fourth-order valence-electron chi connectivity index (χ4n) is 5.00. The van der Waals surface area contributed by atoms with Crippen molar-refractivity contribution in [1.82, 2.24) is 0 Å². The number of aliphatic hydroxyl groups is 1. The highest BCUT2D eigenvalue weighted by molar-refractivity contribution is 7.81. The van der Waals surface area contributed by atoms with Gasteiger partial charge in [0.15, 0.2) is 11.6 Å². The molecule has 0 unspecified atom stereocenters. The van der Waals surface area contributed by atoms with Crippen LogP contribution in [0.5, 0.6) is 0 Å². The zero-order valence-electron chi connectivity index (χ0n) is 20.8. The molecule has 2 rings (SSSR count). The Morgan fingerprint density at radius 2 is 1.74 bits per heavy atom. The molecular weight excluding hydrogens is 511 g/mol. The molecule has 0 saturated carbocycles. The molecule has 2 aliphatic rings. The second kappa shape index (κ2) is 12.4. The first-order valence-corrected chi connectivity index (χ1v) is 13.1. The van der Waals surface area contributed by atoms with Crippen molar-refractivity contribution in [3.63, 3.8) is 0 Å². The number of fused-ring (bicyclic) bond motifs is 1. The van der Waals surface area contributed by atoms with Gasteiger partial charge in [-0.2, -0.15) is 12.6 Å². The Kier molecular flexibility index (Phi) is 10.7. The van der Waals surface area contributed by atoms with E-state index in [0.717, 1.165) is 0 Å². The minimum absolute atomic E-state index is 0.131. The van der Waals surface area contributed by atoms with Gasteiger partial charge in [0.05, 0.1) is 12.2 Å². The second-order valence-corrected chi connectivity index (χ2v) is 11.7. The molecule has 1 heterocycles. The van der Waals surface area contributed by atoms with Crippen LogP contribution in [0.2, 0.25) is 0 Å². The van der Waals surface area contributed by atoms with Crippen molar-refractivity contribution in [3.05, 3.63) is 36.5 Å². The zero-order chi connectivity index (χ0) is 26.6. The lowest BCUT2D eigenvalue weighted by molar-refractivity contribution is -0.154. The summed E-state index contributed by atoms with van der Waals surface area (Å²) in [6.45, 7) is 6.75. The summed E-state index contributed by atoms with van der Waals surface area (Å²) in [5.74, 6) is -5.37. The molecule has 6 nitrogen and oxygen atoms in total. The SMILES string of the molecule is CC[C@H]1[C@@H]2C(=O)C(Cl)(Cl)C(=O)[C@H](C)C(=O)O[C@@H](C)/C=C/C=C\[C@@H](S)[C@@H]2C=C[C@@H]1C[C@@](C)(O)COC. The second-order valence-electron chi connectivity index (χ2n) is 9.79. The van der Waals surface area contributed by atoms with Gasteiger partial charge in [-0.25, -0.2) is 0 Å². The minimum Gasteiger partial charge on any atom is -0.458 e. The van der Waals surface area contributed by atoms with Crippen LogP contribution < -0.4 is 0 Å². The van der Waals surface area contributed by atoms with Crippen molar-refractivity contribution < 1.29 is 29.0 Å². The lowest BCUT2D eigenvalue weighted by Gasteiger charge is -2.43. The first-order chi connectivity index (χ1) is 16.3. The fraction of sp³-hybridized carbons (Fsp3) is 0.654. The van der Waals surface area contributed by atoms with E-state index < -0.39 is 51.3 Å². The maximum Gasteiger partial charge on any atom is 0.316 e. The van der Waals surface area contributed by atoms with E-state index in [-0.39, 0.29) is 23.7 Å². The monoisotopic (exact) mass is 546 g/mol. The number of methoxy groups -OCH3 is 1. The van der Waals surface area contributed by atoms with Crippen LogP contribution >= 0.6 is 35.8 Å². The molecule has 35 heavy (non-hydrogen) atoms. The number of ketones is 2. The topological polar surface area (TPSA) is 89.9 Å². The van der Waals surface area contributed by atoms with Gasteiger partial charge in [0.25, 0.3) is 0 Å². The summed E-state index contributed by atoms with van der Waals surface area (Å²) < 4.78 is 8.01.